The zero-order valence-electron chi connectivity index (χ0n) is 13.6. The molecule has 0 aromatic heterocycles. The highest BCUT2D eigenvalue weighted by molar-refractivity contribution is 5.85. The van der Waals surface area contributed by atoms with Gasteiger partial charge in [0, 0.05) is 18.8 Å². The Morgan fingerprint density at radius 2 is 2.00 bits per heavy atom. The van der Waals surface area contributed by atoms with Crippen LogP contribution in [0.5, 0.6) is 0 Å². The number of likely N-dealkylation sites (N-methyl/N-ethyl adjacent to an activating group) is 1. The van der Waals surface area contributed by atoms with Gasteiger partial charge in [0.25, 0.3) is 0 Å². The molecule has 1 heterocycles. The summed E-state index contributed by atoms with van der Waals surface area (Å²) in [4.78, 5) is 14.8. The minimum Gasteiger partial charge on any atom is -0.373 e. The molecule has 0 fully saturated rings. The van der Waals surface area contributed by atoms with Crippen LogP contribution in [0.1, 0.15) is 45.6 Å². The van der Waals surface area contributed by atoms with E-state index in [1.807, 2.05) is 11.0 Å². The number of carbonyl (C=O) groups is 1. The molecule has 1 atom stereocenters. The van der Waals surface area contributed by atoms with Gasteiger partial charge in [0.1, 0.15) is 6.04 Å². The minimum absolute atomic E-state index is 0.0609. The summed E-state index contributed by atoms with van der Waals surface area (Å²) < 4.78 is 0. The summed E-state index contributed by atoms with van der Waals surface area (Å²) in [5, 5.41) is 3.43. The van der Waals surface area contributed by atoms with E-state index in [1.165, 1.54) is 5.56 Å². The van der Waals surface area contributed by atoms with Crippen LogP contribution in [0, 0.1) is 5.92 Å². The molecule has 2 rings (SSSR count). The van der Waals surface area contributed by atoms with Gasteiger partial charge >= 0.3 is 0 Å². The van der Waals surface area contributed by atoms with Gasteiger partial charge in [0.05, 0.1) is 0 Å². The minimum atomic E-state index is -0.0609. The van der Waals surface area contributed by atoms with Crippen molar-refractivity contribution in [3.05, 3.63) is 29.8 Å². The van der Waals surface area contributed by atoms with Crippen LogP contribution in [-0.2, 0) is 11.2 Å². The van der Waals surface area contributed by atoms with Crippen molar-refractivity contribution in [3.8, 4) is 0 Å². The zero-order chi connectivity index (χ0) is 15.2. The number of fused-ring (bicyclic) bond motifs is 1. The molecule has 1 N–H and O–H groups in total. The highest BCUT2D eigenvalue weighted by atomic mass is 16.2. The third-order valence-corrected chi connectivity index (χ3v) is 4.67. The fourth-order valence-corrected chi connectivity index (χ4v) is 3.08. The first-order valence-electron chi connectivity index (χ1n) is 8.32. The first kappa shape index (κ1) is 15.9. The van der Waals surface area contributed by atoms with E-state index in [0.717, 1.165) is 44.5 Å². The summed E-state index contributed by atoms with van der Waals surface area (Å²) in [6, 6.07) is 8.25. The maximum Gasteiger partial charge on any atom is 0.245 e. The van der Waals surface area contributed by atoms with Crippen LogP contribution in [0.15, 0.2) is 24.3 Å². The second-order valence-corrected chi connectivity index (χ2v) is 5.95. The molecule has 1 amide bonds. The van der Waals surface area contributed by atoms with Crippen LogP contribution >= 0.6 is 0 Å². The lowest BCUT2D eigenvalue weighted by atomic mass is 9.96. The standard InChI is InChI=1S/C18H28N2O/c1-4-14(5-2)13-20(6-3)18(21)17-12-11-15-9-7-8-10-16(15)19-17/h7-10,14,17,19H,4-6,11-13H2,1-3H3. The van der Waals surface area contributed by atoms with Crippen LogP contribution in [0.25, 0.3) is 0 Å². The van der Waals surface area contributed by atoms with Gasteiger partial charge in [-0.3, -0.25) is 4.79 Å². The SMILES string of the molecule is CCC(CC)CN(CC)C(=O)C1CCc2ccccc2N1. The number of hydrogen-bond acceptors (Lipinski definition) is 2. The van der Waals surface area contributed by atoms with Gasteiger partial charge < -0.3 is 10.2 Å². The summed E-state index contributed by atoms with van der Waals surface area (Å²) in [6.07, 6.45) is 4.17. The van der Waals surface area contributed by atoms with E-state index in [2.05, 4.69) is 44.3 Å². The van der Waals surface area contributed by atoms with Crippen LogP contribution in [-0.4, -0.2) is 29.9 Å². The summed E-state index contributed by atoms with van der Waals surface area (Å²) in [5.74, 6) is 0.878. The van der Waals surface area contributed by atoms with Crippen molar-refractivity contribution in [2.45, 2.75) is 52.5 Å². The molecule has 0 aliphatic carbocycles. The monoisotopic (exact) mass is 288 g/mol. The molecular formula is C18H28N2O. The molecule has 0 saturated carbocycles. The number of hydrogen-bond donors (Lipinski definition) is 1. The average Bonchev–Trinajstić information content (AvgIpc) is 2.55. The Labute approximate surface area is 128 Å². The maximum absolute atomic E-state index is 12.8. The Morgan fingerprint density at radius 3 is 2.67 bits per heavy atom. The van der Waals surface area contributed by atoms with Crippen molar-refractivity contribution in [1.29, 1.82) is 0 Å². The van der Waals surface area contributed by atoms with Gasteiger partial charge in [-0.1, -0.05) is 44.9 Å². The van der Waals surface area contributed by atoms with Gasteiger partial charge in [-0.2, -0.15) is 0 Å². The number of carbonyl (C=O) groups excluding carboxylic acids is 1. The fourth-order valence-electron chi connectivity index (χ4n) is 3.08. The normalized spacial score (nSPS) is 17.2. The summed E-state index contributed by atoms with van der Waals surface area (Å²) in [5.41, 5.74) is 2.45. The number of rotatable bonds is 6. The first-order chi connectivity index (χ1) is 10.2. The smallest absolute Gasteiger partial charge is 0.245 e. The van der Waals surface area contributed by atoms with Gasteiger partial charge in [0.2, 0.25) is 5.91 Å². The Balaban J connectivity index is 2.02. The van der Waals surface area contributed by atoms with Crippen molar-refractivity contribution in [1.82, 2.24) is 4.90 Å². The molecule has 0 bridgehead atoms. The fraction of sp³-hybridized carbons (Fsp3) is 0.611. The lowest BCUT2D eigenvalue weighted by molar-refractivity contribution is -0.132. The molecule has 0 radical (unpaired) electrons. The molecule has 1 aliphatic rings. The zero-order valence-corrected chi connectivity index (χ0v) is 13.6. The Morgan fingerprint density at radius 1 is 1.29 bits per heavy atom. The van der Waals surface area contributed by atoms with Crippen LogP contribution in [0.4, 0.5) is 5.69 Å². The van der Waals surface area contributed by atoms with Gasteiger partial charge in [0.15, 0.2) is 0 Å². The molecule has 1 aliphatic heterocycles. The molecule has 21 heavy (non-hydrogen) atoms. The number of aryl methyl sites for hydroxylation is 1. The third kappa shape index (κ3) is 3.78. The maximum atomic E-state index is 12.8. The lowest BCUT2D eigenvalue weighted by Gasteiger charge is -2.32. The van der Waals surface area contributed by atoms with E-state index in [9.17, 15) is 4.79 Å². The van der Waals surface area contributed by atoms with Gasteiger partial charge in [-0.15, -0.1) is 0 Å². The summed E-state index contributed by atoms with van der Waals surface area (Å²) in [7, 11) is 0. The van der Waals surface area contributed by atoms with Crippen molar-refractivity contribution >= 4 is 11.6 Å². The molecule has 1 unspecified atom stereocenters. The molecule has 0 saturated heterocycles. The molecule has 3 nitrogen and oxygen atoms in total. The highest BCUT2D eigenvalue weighted by Gasteiger charge is 2.27. The van der Waals surface area contributed by atoms with Crippen molar-refractivity contribution in [2.75, 3.05) is 18.4 Å². The molecule has 0 spiro atoms. The predicted molar refractivity (Wildman–Crippen MR) is 88.5 cm³/mol. The van der Waals surface area contributed by atoms with E-state index >= 15 is 0 Å². The second kappa shape index (κ2) is 7.48. The van der Waals surface area contributed by atoms with Crippen LogP contribution in [0.3, 0.4) is 0 Å². The Bertz CT molecular complexity index is 468. The van der Waals surface area contributed by atoms with Crippen molar-refractivity contribution in [2.24, 2.45) is 5.92 Å². The van der Waals surface area contributed by atoms with Gasteiger partial charge in [-0.05, 0) is 37.3 Å². The molecule has 116 valence electrons. The Hall–Kier alpha value is -1.51. The van der Waals surface area contributed by atoms with E-state index < -0.39 is 0 Å². The van der Waals surface area contributed by atoms with Crippen molar-refractivity contribution in [3.63, 3.8) is 0 Å². The van der Waals surface area contributed by atoms with Crippen molar-refractivity contribution < 1.29 is 4.79 Å². The van der Waals surface area contributed by atoms with E-state index in [-0.39, 0.29) is 11.9 Å². The van der Waals surface area contributed by atoms with Gasteiger partial charge in [-0.25, -0.2) is 0 Å². The number of anilines is 1. The Kier molecular flexibility index (Phi) is 5.66. The van der Waals surface area contributed by atoms with Crippen LogP contribution in [0.2, 0.25) is 0 Å². The molecule has 3 heteroatoms. The topological polar surface area (TPSA) is 32.3 Å². The third-order valence-electron chi connectivity index (χ3n) is 4.67. The van der Waals surface area contributed by atoms with E-state index in [1.54, 1.807) is 0 Å². The summed E-state index contributed by atoms with van der Waals surface area (Å²) in [6.45, 7) is 8.19. The van der Waals surface area contributed by atoms with E-state index in [0.29, 0.717) is 5.92 Å². The first-order valence-corrected chi connectivity index (χ1v) is 8.32. The van der Waals surface area contributed by atoms with E-state index in [4.69, 9.17) is 0 Å². The molecule has 1 aromatic rings. The molecular weight excluding hydrogens is 260 g/mol. The average molecular weight is 288 g/mol. The predicted octanol–water partition coefficient (Wildman–Crippen LogP) is 3.70. The second-order valence-electron chi connectivity index (χ2n) is 5.95. The quantitative estimate of drug-likeness (QED) is 0.865. The number of amides is 1. The lowest BCUT2D eigenvalue weighted by Crippen LogP contribution is -2.46. The number of para-hydroxylation sites is 1. The molecule has 1 aromatic carbocycles. The summed E-state index contributed by atoms with van der Waals surface area (Å²) >= 11 is 0. The number of benzene rings is 1. The number of nitrogens with one attached hydrogen (secondary N) is 1. The number of nitrogens with zero attached hydrogens (tertiary/aromatic N) is 1. The van der Waals surface area contributed by atoms with Crippen LogP contribution < -0.4 is 5.32 Å². The largest absolute Gasteiger partial charge is 0.373 e. The highest BCUT2D eigenvalue weighted by Crippen LogP contribution is 2.25.